The van der Waals surface area contributed by atoms with Gasteiger partial charge in [0, 0.05) is 57.1 Å². The van der Waals surface area contributed by atoms with Crippen LogP contribution in [0.1, 0.15) is 112 Å². The molecule has 9 N–H and O–H groups in total. The molecule has 0 spiro atoms. The van der Waals surface area contributed by atoms with Gasteiger partial charge in [-0.2, -0.15) is 0 Å². The van der Waals surface area contributed by atoms with Crippen molar-refractivity contribution in [2.75, 3.05) is 19.8 Å². The standard InChI is InChI=1S/C61H73N3O22/c1-31-37(28-61(79)53(85-55(76)36-21-14-9-15-22-36)51-59(6,39(68)27-40-60(51,30-80-40)86-33(3)67)52(74)49(81-32(2)66)44(31)58(61,4)5)82-57(78)50(45(34-17-10-7-11-18-34)64-54(75)35-19-12-8-13-20-35)84-43(71)25-24-41(69)62-26-16-23-42(70)63-46-47(72)38(29-65)83-56(77)48(46)73/h7-15,17-22,37-40,45-51,53,56,65,68,72-73,77,79H,16,23-30H2,1-6H3,(H,62,69)(H,63,70)(H,64,75)/t37-,38+,39-,40+,45-,46-,47+,48+,49+,50+,51?,53-,56?,59+,60-,61+/m0/s1. The maximum Gasteiger partial charge on any atom is 0.350 e. The summed E-state index contributed by atoms with van der Waals surface area (Å²) in [6.07, 6.45) is -19.3. The summed E-state index contributed by atoms with van der Waals surface area (Å²) in [6, 6.07) is 20.4. The first-order valence-corrected chi connectivity index (χ1v) is 28.3. The van der Waals surface area contributed by atoms with Gasteiger partial charge in [-0.15, -0.1) is 0 Å². The Bertz CT molecular complexity index is 3070. The van der Waals surface area contributed by atoms with E-state index in [-0.39, 0.29) is 53.6 Å². The van der Waals surface area contributed by atoms with Crippen LogP contribution in [0.25, 0.3) is 0 Å². The number of esters is 5. The largest absolute Gasteiger partial charge is 0.455 e. The number of aliphatic hydroxyl groups is 6. The first-order chi connectivity index (χ1) is 40.7. The van der Waals surface area contributed by atoms with Crippen LogP contribution in [0, 0.1) is 16.7 Å². The van der Waals surface area contributed by atoms with Crippen LogP contribution in [0.2, 0.25) is 0 Å². The second-order valence-corrected chi connectivity index (χ2v) is 23.1. The van der Waals surface area contributed by atoms with Crippen molar-refractivity contribution < 1.29 is 107 Å². The van der Waals surface area contributed by atoms with Crippen molar-refractivity contribution in [2.24, 2.45) is 16.7 Å². The van der Waals surface area contributed by atoms with Gasteiger partial charge in [-0.3, -0.25) is 33.6 Å². The molecule has 25 heteroatoms. The molecular formula is C61H73N3O22. The molecule has 8 rings (SSSR count). The summed E-state index contributed by atoms with van der Waals surface area (Å²) in [4.78, 5) is 127. The van der Waals surface area contributed by atoms with E-state index in [0.717, 1.165) is 13.8 Å². The summed E-state index contributed by atoms with van der Waals surface area (Å²) >= 11 is 0. The molecule has 3 amide bonds. The number of carbonyl (C=O) groups excluding carboxylic acids is 9. The molecule has 4 fully saturated rings. The highest BCUT2D eigenvalue weighted by molar-refractivity contribution is 5.96. The van der Waals surface area contributed by atoms with Gasteiger partial charge in [-0.05, 0) is 61.2 Å². The van der Waals surface area contributed by atoms with Crippen molar-refractivity contribution in [3.05, 3.63) is 119 Å². The monoisotopic (exact) mass is 1200 g/mol. The second-order valence-electron chi connectivity index (χ2n) is 23.1. The fourth-order valence-electron chi connectivity index (χ4n) is 12.8. The summed E-state index contributed by atoms with van der Waals surface area (Å²) in [5, 5.41) is 74.2. The molecule has 2 heterocycles. The van der Waals surface area contributed by atoms with Crippen molar-refractivity contribution >= 4 is 53.4 Å². The summed E-state index contributed by atoms with van der Waals surface area (Å²) < 4.78 is 41.7. The van der Waals surface area contributed by atoms with Gasteiger partial charge in [-0.1, -0.05) is 80.6 Å². The Labute approximate surface area is 494 Å². The molecule has 5 aliphatic rings. The Kier molecular flexibility index (Phi) is 19.7. The van der Waals surface area contributed by atoms with Crippen LogP contribution in [0.3, 0.4) is 0 Å². The zero-order valence-electron chi connectivity index (χ0n) is 48.2. The van der Waals surface area contributed by atoms with Gasteiger partial charge in [0.1, 0.15) is 48.3 Å². The number of hydrogen-bond donors (Lipinski definition) is 9. The van der Waals surface area contributed by atoms with Crippen molar-refractivity contribution in [1.29, 1.82) is 0 Å². The smallest absolute Gasteiger partial charge is 0.350 e. The van der Waals surface area contributed by atoms with E-state index < -0.39 is 187 Å². The third kappa shape index (κ3) is 12.7. The molecule has 2 bridgehead atoms. The number of hydrogen-bond acceptors (Lipinski definition) is 22. The number of fused-ring (bicyclic) bond motifs is 5. The van der Waals surface area contributed by atoms with E-state index in [1.165, 1.54) is 64.1 Å². The molecule has 464 valence electrons. The minimum atomic E-state index is -2.56. The maximum absolute atomic E-state index is 15.8. The highest BCUT2D eigenvalue weighted by Crippen LogP contribution is 2.64. The molecule has 2 aliphatic heterocycles. The lowest BCUT2D eigenvalue weighted by atomic mass is 9.44. The average molecular weight is 1200 g/mol. The van der Waals surface area contributed by atoms with Gasteiger partial charge in [0.05, 0.1) is 48.7 Å². The molecule has 0 aromatic heterocycles. The summed E-state index contributed by atoms with van der Waals surface area (Å²) in [7, 11) is 0. The predicted molar refractivity (Wildman–Crippen MR) is 295 cm³/mol. The zero-order chi connectivity index (χ0) is 62.6. The number of benzene rings is 3. The minimum Gasteiger partial charge on any atom is -0.455 e. The van der Waals surface area contributed by atoms with Crippen LogP contribution in [0.15, 0.2) is 102 Å². The number of ether oxygens (including phenoxy) is 7. The fraction of sp³-hybridized carbons (Fsp3) is 0.525. The molecular weight excluding hydrogens is 1130 g/mol. The molecule has 86 heavy (non-hydrogen) atoms. The third-order valence-corrected chi connectivity index (χ3v) is 17.4. The normalized spacial score (nSPS) is 31.4. The summed E-state index contributed by atoms with van der Waals surface area (Å²) in [5.74, 6) is -10.1. The van der Waals surface area contributed by atoms with Crippen LogP contribution >= 0.6 is 0 Å². The summed E-state index contributed by atoms with van der Waals surface area (Å²) in [5.41, 5.74) is -8.14. The van der Waals surface area contributed by atoms with Gasteiger partial charge in [0.15, 0.2) is 23.8 Å². The highest BCUT2D eigenvalue weighted by Gasteiger charge is 2.78. The Balaban J connectivity index is 1.13. The molecule has 2 saturated carbocycles. The van der Waals surface area contributed by atoms with E-state index >= 15 is 9.59 Å². The molecule has 3 aromatic carbocycles. The average Bonchev–Trinajstić information content (AvgIpc) is 0.677. The highest BCUT2D eigenvalue weighted by atomic mass is 16.6. The number of aliphatic hydroxyl groups excluding tert-OH is 5. The number of nitrogens with one attached hydrogen (secondary N) is 3. The lowest BCUT2D eigenvalue weighted by molar-refractivity contribution is -0.346. The molecule has 2 unspecified atom stereocenters. The molecule has 3 aromatic rings. The number of carbonyl (C=O) groups is 9. The van der Waals surface area contributed by atoms with E-state index in [1.807, 2.05) is 0 Å². The van der Waals surface area contributed by atoms with Gasteiger partial charge in [0.25, 0.3) is 5.91 Å². The van der Waals surface area contributed by atoms with Crippen molar-refractivity contribution in [3.63, 3.8) is 0 Å². The van der Waals surface area contributed by atoms with Crippen LogP contribution in [-0.4, -0.2) is 182 Å². The lowest BCUT2D eigenvalue weighted by Gasteiger charge is -2.67. The molecule has 2 saturated heterocycles. The van der Waals surface area contributed by atoms with Crippen LogP contribution < -0.4 is 16.0 Å². The van der Waals surface area contributed by atoms with E-state index in [0.29, 0.717) is 0 Å². The van der Waals surface area contributed by atoms with E-state index in [4.69, 9.17) is 33.2 Å². The first kappa shape index (κ1) is 64.5. The maximum atomic E-state index is 15.8. The Hall–Kier alpha value is -7.49. The van der Waals surface area contributed by atoms with Gasteiger partial charge in [0.2, 0.25) is 17.9 Å². The van der Waals surface area contributed by atoms with E-state index in [9.17, 15) is 64.2 Å². The molecule has 25 nitrogen and oxygen atoms in total. The lowest BCUT2D eigenvalue weighted by Crippen LogP contribution is -2.82. The van der Waals surface area contributed by atoms with Crippen LogP contribution in [-0.2, 0) is 66.7 Å². The van der Waals surface area contributed by atoms with Crippen LogP contribution in [0.4, 0.5) is 0 Å². The summed E-state index contributed by atoms with van der Waals surface area (Å²) in [6.45, 7) is 6.75. The minimum absolute atomic E-state index is 0.00460. The quantitative estimate of drug-likeness (QED) is 0.0328. The second kappa shape index (κ2) is 26.2. The van der Waals surface area contributed by atoms with Crippen molar-refractivity contribution in [2.45, 2.75) is 165 Å². The predicted octanol–water partition coefficient (Wildman–Crippen LogP) is 0.879. The van der Waals surface area contributed by atoms with Crippen molar-refractivity contribution in [3.8, 4) is 0 Å². The molecule has 0 radical (unpaired) electrons. The number of ketones is 1. The van der Waals surface area contributed by atoms with E-state index in [2.05, 4.69) is 16.0 Å². The SMILES string of the molecule is CC(=O)O[C@H]1C(=O)[C@@]2(C)C([C@H](OC(=O)c3ccccc3)[C@]3(O)C[C@H](OC(=O)[C@H](OC(=O)CCC(=O)NCCCC(=O)N[C@H]4[C@H](O)[C@@H](CO)OC(O)[C@@H]4O)[C@@H](NC(=O)c4ccccc4)c4ccccc4)C(C)=C1C3(C)C)[C@]1(OC(C)=O)CO[C@@H]1C[C@@H]2O. The van der Waals surface area contributed by atoms with Gasteiger partial charge < -0.3 is 79.7 Å². The Morgan fingerprint density at radius 3 is 1.99 bits per heavy atom. The number of amides is 3. The van der Waals surface area contributed by atoms with Gasteiger partial charge >= 0.3 is 29.8 Å². The van der Waals surface area contributed by atoms with Crippen molar-refractivity contribution in [1.82, 2.24) is 16.0 Å². The zero-order valence-corrected chi connectivity index (χ0v) is 48.2. The molecule has 3 aliphatic carbocycles. The van der Waals surface area contributed by atoms with Gasteiger partial charge in [-0.25, -0.2) is 9.59 Å². The fourth-order valence-corrected chi connectivity index (χ4v) is 12.8. The topological polar surface area (TPSA) is 376 Å². The Morgan fingerprint density at radius 1 is 0.767 bits per heavy atom. The number of Topliss-reactive ketones (excluding diaryl/α,β-unsaturated/α-hetero) is 1. The van der Waals surface area contributed by atoms with E-state index in [1.54, 1.807) is 54.6 Å². The number of rotatable bonds is 20. The first-order valence-electron chi connectivity index (χ1n) is 28.3. The molecule has 16 atom stereocenters. The Morgan fingerprint density at radius 2 is 1.40 bits per heavy atom. The third-order valence-electron chi connectivity index (χ3n) is 17.4. The van der Waals surface area contributed by atoms with Crippen LogP contribution in [0.5, 0.6) is 0 Å².